The number of amides is 1. The van der Waals surface area contributed by atoms with E-state index in [1.807, 2.05) is 0 Å². The van der Waals surface area contributed by atoms with Crippen LogP contribution in [-0.2, 0) is 19.9 Å². The Kier molecular flexibility index (Phi) is 6.79. The third kappa shape index (κ3) is 5.64. The van der Waals surface area contributed by atoms with Gasteiger partial charge >= 0.3 is 12.3 Å². The number of ether oxygens (including phenoxy) is 2. The number of halogens is 3. The highest BCUT2D eigenvalue weighted by Gasteiger charge is 2.41. The minimum Gasteiger partial charge on any atom is -0.453 e. The zero-order valence-corrected chi connectivity index (χ0v) is 16.5. The van der Waals surface area contributed by atoms with Crippen LogP contribution in [0.3, 0.4) is 0 Å². The maximum atomic E-state index is 12.8. The van der Waals surface area contributed by atoms with Crippen LogP contribution >= 0.6 is 0 Å². The summed E-state index contributed by atoms with van der Waals surface area (Å²) in [5.74, 6) is -2.25. The molecule has 32 heavy (non-hydrogen) atoms. The van der Waals surface area contributed by atoms with Crippen molar-refractivity contribution in [2.75, 3.05) is 11.9 Å². The van der Waals surface area contributed by atoms with Gasteiger partial charge in [0.15, 0.2) is 6.61 Å². The van der Waals surface area contributed by atoms with Gasteiger partial charge in [0.05, 0.1) is 0 Å². The smallest absolute Gasteiger partial charge is 0.453 e. The lowest BCUT2D eigenvalue weighted by Crippen LogP contribution is -2.39. The average molecular weight is 445 g/mol. The second-order valence-electron chi connectivity index (χ2n) is 6.64. The molecule has 3 aromatic carbocycles. The number of nitrogens with one attached hydrogen (secondary N) is 1. The van der Waals surface area contributed by atoms with E-state index in [0.717, 1.165) is 12.1 Å². The van der Waals surface area contributed by atoms with Crippen LogP contribution < -0.4 is 10.1 Å². The largest absolute Gasteiger partial charge is 0.573 e. The van der Waals surface area contributed by atoms with Crippen molar-refractivity contribution in [1.29, 1.82) is 0 Å². The lowest BCUT2D eigenvalue weighted by Gasteiger charge is -2.26. The van der Waals surface area contributed by atoms with Gasteiger partial charge in [0, 0.05) is 5.69 Å². The summed E-state index contributed by atoms with van der Waals surface area (Å²) in [4.78, 5) is 25.0. The number of hydrogen-bond donors (Lipinski definition) is 2. The van der Waals surface area contributed by atoms with Gasteiger partial charge < -0.3 is 19.9 Å². The molecule has 0 aliphatic carbocycles. The van der Waals surface area contributed by atoms with E-state index in [1.54, 1.807) is 60.7 Å². The monoisotopic (exact) mass is 445 g/mol. The fraction of sp³-hybridized carbons (Fsp3) is 0.130. The molecule has 1 amide bonds. The van der Waals surface area contributed by atoms with Crippen molar-refractivity contribution in [2.45, 2.75) is 12.0 Å². The summed E-state index contributed by atoms with van der Waals surface area (Å²) in [6.07, 6.45) is -4.83. The SMILES string of the molecule is O=C(COC(=O)C(O)(c1ccccc1)c1ccccc1)Nc1ccc(OC(F)(F)F)cc1. The van der Waals surface area contributed by atoms with Gasteiger partial charge in [-0.25, -0.2) is 4.79 Å². The first kappa shape index (κ1) is 22.8. The van der Waals surface area contributed by atoms with E-state index in [9.17, 15) is 27.9 Å². The third-order valence-electron chi connectivity index (χ3n) is 4.38. The van der Waals surface area contributed by atoms with Crippen molar-refractivity contribution in [3.63, 3.8) is 0 Å². The average Bonchev–Trinajstić information content (AvgIpc) is 2.78. The van der Waals surface area contributed by atoms with Crippen LogP contribution in [0.4, 0.5) is 18.9 Å². The van der Waals surface area contributed by atoms with Crippen LogP contribution in [0, 0.1) is 0 Å². The van der Waals surface area contributed by atoms with Gasteiger partial charge in [-0.2, -0.15) is 0 Å². The maximum absolute atomic E-state index is 12.8. The zero-order chi connectivity index (χ0) is 23.2. The van der Waals surface area contributed by atoms with E-state index in [1.165, 1.54) is 12.1 Å². The molecular formula is C23H18F3NO5. The van der Waals surface area contributed by atoms with E-state index in [0.29, 0.717) is 0 Å². The molecule has 166 valence electrons. The molecule has 0 aromatic heterocycles. The fourth-order valence-electron chi connectivity index (χ4n) is 2.93. The van der Waals surface area contributed by atoms with Crippen LogP contribution in [0.2, 0.25) is 0 Å². The summed E-state index contributed by atoms with van der Waals surface area (Å²) < 4.78 is 45.4. The highest BCUT2D eigenvalue weighted by atomic mass is 19.4. The molecule has 9 heteroatoms. The summed E-state index contributed by atoms with van der Waals surface area (Å²) in [6, 6.07) is 20.7. The van der Waals surface area contributed by atoms with E-state index >= 15 is 0 Å². The van der Waals surface area contributed by atoms with Crippen molar-refractivity contribution < 1.29 is 37.3 Å². The fourth-order valence-corrected chi connectivity index (χ4v) is 2.93. The van der Waals surface area contributed by atoms with Crippen molar-refractivity contribution in [2.24, 2.45) is 0 Å². The Morgan fingerprint density at radius 1 is 0.812 bits per heavy atom. The minimum absolute atomic E-state index is 0.168. The molecular weight excluding hydrogens is 427 g/mol. The predicted octanol–water partition coefficient (Wildman–Crippen LogP) is 4.00. The molecule has 0 spiro atoms. The molecule has 3 rings (SSSR count). The molecule has 0 aliphatic heterocycles. The number of carbonyl (C=O) groups excluding carboxylic acids is 2. The first-order valence-corrected chi connectivity index (χ1v) is 9.35. The van der Waals surface area contributed by atoms with E-state index in [-0.39, 0.29) is 16.8 Å². The Hall–Kier alpha value is -3.85. The molecule has 0 fully saturated rings. The number of hydrogen-bond acceptors (Lipinski definition) is 5. The van der Waals surface area contributed by atoms with Crippen LogP contribution in [0.5, 0.6) is 5.75 Å². The van der Waals surface area contributed by atoms with Gasteiger partial charge in [-0.3, -0.25) is 4.79 Å². The molecule has 0 saturated carbocycles. The summed E-state index contributed by atoms with van der Waals surface area (Å²) in [5.41, 5.74) is -1.45. The van der Waals surface area contributed by atoms with Gasteiger partial charge in [0.2, 0.25) is 5.60 Å². The third-order valence-corrected chi connectivity index (χ3v) is 4.38. The molecule has 0 atom stereocenters. The highest BCUT2D eigenvalue weighted by molar-refractivity contribution is 5.94. The van der Waals surface area contributed by atoms with Crippen molar-refractivity contribution >= 4 is 17.6 Å². The molecule has 0 saturated heterocycles. The molecule has 0 bridgehead atoms. The number of benzene rings is 3. The number of esters is 1. The molecule has 0 radical (unpaired) electrons. The minimum atomic E-state index is -4.83. The van der Waals surface area contributed by atoms with Gasteiger partial charge in [-0.15, -0.1) is 13.2 Å². The summed E-state index contributed by atoms with van der Waals surface area (Å²) >= 11 is 0. The Labute approximate surface area is 181 Å². The van der Waals surface area contributed by atoms with Gasteiger partial charge in [0.25, 0.3) is 5.91 Å². The number of rotatable bonds is 7. The summed E-state index contributed by atoms with van der Waals surface area (Å²) in [5, 5.41) is 13.6. The number of alkyl halides is 3. The van der Waals surface area contributed by atoms with Gasteiger partial charge in [-0.1, -0.05) is 60.7 Å². The summed E-state index contributed by atoms with van der Waals surface area (Å²) in [7, 11) is 0. The Bertz CT molecular complexity index is 1010. The Morgan fingerprint density at radius 3 is 1.78 bits per heavy atom. The standard InChI is InChI=1S/C23H18F3NO5/c24-23(25,26)32-19-13-11-18(12-14-19)27-20(28)15-31-21(29)22(30,16-7-3-1-4-8-16)17-9-5-2-6-10-17/h1-14,30H,15H2,(H,27,28). The first-order chi connectivity index (χ1) is 15.2. The molecule has 0 aliphatic rings. The van der Waals surface area contributed by atoms with Crippen molar-refractivity contribution in [1.82, 2.24) is 0 Å². The van der Waals surface area contributed by atoms with Crippen LogP contribution in [0.15, 0.2) is 84.9 Å². The molecule has 0 unspecified atom stereocenters. The number of aliphatic hydroxyl groups is 1. The van der Waals surface area contributed by atoms with Crippen LogP contribution in [0.25, 0.3) is 0 Å². The lowest BCUT2D eigenvalue weighted by molar-refractivity contribution is -0.274. The molecule has 6 nitrogen and oxygen atoms in total. The number of anilines is 1. The second-order valence-corrected chi connectivity index (χ2v) is 6.64. The topological polar surface area (TPSA) is 84.9 Å². The molecule has 3 aromatic rings. The normalized spacial score (nSPS) is 11.5. The molecule has 2 N–H and O–H groups in total. The van der Waals surface area contributed by atoms with E-state index in [2.05, 4.69) is 10.1 Å². The summed E-state index contributed by atoms with van der Waals surface area (Å²) in [6.45, 7) is -0.721. The zero-order valence-electron chi connectivity index (χ0n) is 16.5. The van der Waals surface area contributed by atoms with Gasteiger partial charge in [0.1, 0.15) is 5.75 Å². The second kappa shape index (κ2) is 9.52. The van der Waals surface area contributed by atoms with Gasteiger partial charge in [-0.05, 0) is 35.4 Å². The van der Waals surface area contributed by atoms with Crippen LogP contribution in [-0.4, -0.2) is 30.0 Å². The quantitative estimate of drug-likeness (QED) is 0.537. The lowest BCUT2D eigenvalue weighted by atomic mass is 9.86. The number of carbonyl (C=O) groups is 2. The van der Waals surface area contributed by atoms with E-state index in [4.69, 9.17) is 4.74 Å². The predicted molar refractivity (Wildman–Crippen MR) is 109 cm³/mol. The Morgan fingerprint density at radius 2 is 1.31 bits per heavy atom. The Balaban J connectivity index is 1.67. The van der Waals surface area contributed by atoms with E-state index < -0.39 is 36.2 Å². The highest BCUT2D eigenvalue weighted by Crippen LogP contribution is 2.31. The maximum Gasteiger partial charge on any atom is 0.573 e. The van der Waals surface area contributed by atoms with Crippen LogP contribution in [0.1, 0.15) is 11.1 Å². The molecule has 0 heterocycles. The first-order valence-electron chi connectivity index (χ1n) is 9.35. The van der Waals surface area contributed by atoms with Crippen molar-refractivity contribution in [3.05, 3.63) is 96.1 Å². The van der Waals surface area contributed by atoms with Crippen molar-refractivity contribution in [3.8, 4) is 5.75 Å².